The fourth-order valence-electron chi connectivity index (χ4n) is 3.93. The molecule has 0 aliphatic carbocycles. The number of ketones is 1. The Bertz CT molecular complexity index is 810. The molecule has 4 nitrogen and oxygen atoms in total. The molecule has 0 saturated carbocycles. The van der Waals surface area contributed by atoms with Gasteiger partial charge in [-0.1, -0.05) is 0 Å². The molecule has 2 heterocycles. The summed E-state index contributed by atoms with van der Waals surface area (Å²) in [5, 5.41) is 4.74. The molecular weight excluding hydrogens is 365 g/mol. The normalized spacial score (nSPS) is 16.8. The van der Waals surface area contributed by atoms with Crippen molar-refractivity contribution in [2.75, 3.05) is 23.8 Å². The zero-order valence-electron chi connectivity index (χ0n) is 14.9. The van der Waals surface area contributed by atoms with Crippen molar-refractivity contribution >= 4 is 42.3 Å². The van der Waals surface area contributed by atoms with Crippen molar-refractivity contribution < 1.29 is 14.4 Å². The summed E-state index contributed by atoms with van der Waals surface area (Å²) >= 11 is 1.21. The number of aryl methyl sites for hydroxylation is 1. The summed E-state index contributed by atoms with van der Waals surface area (Å²) in [6.07, 6.45) is 6.69. The molecular formula is C20H24NO3PS. The molecule has 1 saturated heterocycles. The summed E-state index contributed by atoms with van der Waals surface area (Å²) in [7, 11) is -1.70. The van der Waals surface area contributed by atoms with E-state index >= 15 is 0 Å². The van der Waals surface area contributed by atoms with Crippen molar-refractivity contribution in [3.05, 3.63) is 51.7 Å². The van der Waals surface area contributed by atoms with Gasteiger partial charge in [-0.15, -0.1) is 0 Å². The number of anilines is 1. The molecule has 26 heavy (non-hydrogen) atoms. The Hall–Kier alpha value is -1.84. The molecule has 1 aromatic heterocycles. The molecule has 1 N–H and O–H groups in total. The molecule has 3 rings (SSSR count). The van der Waals surface area contributed by atoms with Gasteiger partial charge in [-0.3, -0.25) is 0 Å². The molecule has 0 spiro atoms. The number of carbonyl (C=O) groups is 3. The third-order valence-electron chi connectivity index (χ3n) is 5.19. The summed E-state index contributed by atoms with van der Waals surface area (Å²) in [5.74, 6) is -0.591. The van der Waals surface area contributed by atoms with Crippen LogP contribution in [0.15, 0.2) is 35.7 Å². The number of rotatable bonds is 7. The maximum atomic E-state index is 12.8. The second-order valence-electron chi connectivity index (χ2n) is 7.20. The van der Waals surface area contributed by atoms with E-state index in [4.69, 9.17) is 0 Å². The van der Waals surface area contributed by atoms with E-state index in [0.29, 0.717) is 23.0 Å². The number of benzene rings is 1. The van der Waals surface area contributed by atoms with E-state index in [0.717, 1.165) is 11.7 Å². The number of amides is 1. The van der Waals surface area contributed by atoms with Crippen molar-refractivity contribution in [2.24, 2.45) is 0 Å². The summed E-state index contributed by atoms with van der Waals surface area (Å²) in [6, 6.07) is 10.4. The van der Waals surface area contributed by atoms with Crippen LogP contribution in [0.5, 0.6) is 0 Å². The average molecular weight is 389 g/mol. The van der Waals surface area contributed by atoms with Crippen LogP contribution in [0.2, 0.25) is 0 Å². The molecule has 0 bridgehead atoms. The Morgan fingerprint density at radius 2 is 1.88 bits per heavy atom. The van der Waals surface area contributed by atoms with Crippen molar-refractivity contribution in [2.45, 2.75) is 25.9 Å². The molecule has 0 unspecified atom stereocenters. The van der Waals surface area contributed by atoms with Crippen LogP contribution in [0.1, 0.15) is 33.6 Å². The van der Waals surface area contributed by atoms with Gasteiger partial charge >= 0.3 is 158 Å². The van der Waals surface area contributed by atoms with Gasteiger partial charge in [0, 0.05) is 0 Å². The van der Waals surface area contributed by atoms with Crippen molar-refractivity contribution in [3.8, 4) is 0 Å². The number of thiophene rings is 1. The second kappa shape index (κ2) is 8.24. The first-order valence-corrected chi connectivity index (χ1v) is 12.7. The Labute approximate surface area is 158 Å². The van der Waals surface area contributed by atoms with Crippen LogP contribution in [-0.2, 0) is 15.8 Å². The molecule has 1 amide bonds. The number of carbonyl (C=O) groups excluding carboxylic acids is 3. The average Bonchev–Trinajstić information content (AvgIpc) is 3.23. The minimum absolute atomic E-state index is 0.0176. The van der Waals surface area contributed by atoms with Gasteiger partial charge in [-0.2, -0.15) is 0 Å². The third-order valence-corrected chi connectivity index (χ3v) is 11.4. The molecule has 1 aliphatic rings. The second-order valence-corrected chi connectivity index (χ2v) is 12.8. The number of Topliss-reactive ketones (excluding diaryl/α,β-unsaturated/α-hetero) is 1. The molecule has 1 fully saturated rings. The monoisotopic (exact) mass is 389 g/mol. The zero-order valence-corrected chi connectivity index (χ0v) is 16.7. The predicted octanol–water partition coefficient (Wildman–Crippen LogP) is 4.12. The van der Waals surface area contributed by atoms with Crippen molar-refractivity contribution in [3.63, 3.8) is 0 Å². The molecule has 2 aromatic rings. The number of hydrogen-bond acceptors (Lipinski definition) is 4. The quantitative estimate of drug-likeness (QED) is 0.335. The summed E-state index contributed by atoms with van der Waals surface area (Å²) in [6.45, 7) is 1.85. The van der Waals surface area contributed by atoms with Crippen LogP contribution in [0.4, 0.5) is 5.69 Å². The van der Waals surface area contributed by atoms with Gasteiger partial charge in [0.25, 0.3) is 0 Å². The van der Waals surface area contributed by atoms with Crippen LogP contribution in [-0.4, -0.2) is 36.5 Å². The topological polar surface area (TPSA) is 63.2 Å². The van der Waals surface area contributed by atoms with Gasteiger partial charge < -0.3 is 0 Å². The van der Waals surface area contributed by atoms with Crippen molar-refractivity contribution in [1.29, 1.82) is 0 Å². The Kier molecular flexibility index (Phi) is 6.00. The van der Waals surface area contributed by atoms with Crippen LogP contribution in [0.3, 0.4) is 0 Å². The van der Waals surface area contributed by atoms with E-state index in [1.54, 1.807) is 5.38 Å². The van der Waals surface area contributed by atoms with E-state index in [1.807, 2.05) is 13.0 Å². The molecule has 1 aromatic carbocycles. The number of hydrogen-bond donors (Lipinski definition) is 1. The third kappa shape index (κ3) is 4.28. The van der Waals surface area contributed by atoms with Crippen LogP contribution < -0.4 is 5.32 Å². The molecule has 0 radical (unpaired) electrons. The number of nitrogens with one attached hydrogen (secondary N) is 1. The molecule has 0 atom stereocenters. The van der Waals surface area contributed by atoms with E-state index in [9.17, 15) is 14.4 Å². The fraction of sp³-hybridized carbons (Fsp3) is 0.350. The molecule has 138 valence electrons. The van der Waals surface area contributed by atoms with Gasteiger partial charge in [-0.05, 0) is 0 Å². The number of aldehydes is 1. The van der Waals surface area contributed by atoms with Gasteiger partial charge in [0.2, 0.25) is 0 Å². The first-order valence-electron chi connectivity index (χ1n) is 8.94. The van der Waals surface area contributed by atoms with E-state index < -0.39 is 13.0 Å². The Morgan fingerprint density at radius 1 is 1.19 bits per heavy atom. The van der Waals surface area contributed by atoms with Crippen molar-refractivity contribution in [1.82, 2.24) is 0 Å². The standard InChI is InChI=1S/C20H24NO3PS/c1-15-14-26-20(17(23)11-22)19(15)21-18(24)13-25(9-5-6-10-25)12-16-7-3-2-4-8-16/h2-4,7-8,11,14,25H,5-6,9-10,12-13H2,1H3,(H,21,24). The predicted molar refractivity (Wildman–Crippen MR) is 110 cm³/mol. The first-order chi connectivity index (χ1) is 12.5. The molecule has 6 heteroatoms. The summed E-state index contributed by atoms with van der Waals surface area (Å²) < 4.78 is 0. The van der Waals surface area contributed by atoms with Gasteiger partial charge in [0.05, 0.1) is 0 Å². The zero-order chi connectivity index (χ0) is 18.6. The summed E-state index contributed by atoms with van der Waals surface area (Å²) in [4.78, 5) is 35.7. The van der Waals surface area contributed by atoms with E-state index in [1.165, 1.54) is 42.1 Å². The SMILES string of the molecule is Cc1csc(C(=O)C=O)c1NC(=O)C[PH]1(Cc2ccccc2)CCCC1. The van der Waals surface area contributed by atoms with Crippen LogP contribution >= 0.6 is 18.6 Å². The van der Waals surface area contributed by atoms with Gasteiger partial charge in [-0.25, -0.2) is 0 Å². The molecule has 1 aliphatic heterocycles. The summed E-state index contributed by atoms with van der Waals surface area (Å²) in [5.41, 5.74) is 2.66. The van der Waals surface area contributed by atoms with Gasteiger partial charge in [0.1, 0.15) is 0 Å². The maximum absolute atomic E-state index is 12.8. The fourth-order valence-corrected chi connectivity index (χ4v) is 9.79. The van der Waals surface area contributed by atoms with Crippen LogP contribution in [0, 0.1) is 6.92 Å². The first kappa shape index (κ1) is 18.9. The Balaban J connectivity index is 1.75. The van der Waals surface area contributed by atoms with Gasteiger partial charge in [0.15, 0.2) is 0 Å². The van der Waals surface area contributed by atoms with E-state index in [2.05, 4.69) is 29.6 Å². The Morgan fingerprint density at radius 3 is 2.54 bits per heavy atom. The minimum atomic E-state index is -1.70. The van der Waals surface area contributed by atoms with Crippen LogP contribution in [0.25, 0.3) is 0 Å². The van der Waals surface area contributed by atoms with E-state index in [-0.39, 0.29) is 5.91 Å².